The zero-order valence-corrected chi connectivity index (χ0v) is 11.6. The van der Waals surface area contributed by atoms with Crippen LogP contribution in [-0.2, 0) is 0 Å². The summed E-state index contributed by atoms with van der Waals surface area (Å²) in [5.74, 6) is 0.654. The van der Waals surface area contributed by atoms with Gasteiger partial charge in [0.2, 0.25) is 5.22 Å². The van der Waals surface area contributed by atoms with Gasteiger partial charge in [0.1, 0.15) is 17.1 Å². The first kappa shape index (κ1) is 12.2. The summed E-state index contributed by atoms with van der Waals surface area (Å²) in [7, 11) is 0. The van der Waals surface area contributed by atoms with Gasteiger partial charge in [0.25, 0.3) is 0 Å². The molecule has 4 rings (SSSR count). The molecule has 1 N–H and O–H groups in total. The lowest BCUT2D eigenvalue weighted by Crippen LogP contribution is -1.84. The van der Waals surface area contributed by atoms with Crippen molar-refractivity contribution in [3.8, 4) is 22.6 Å². The minimum Gasteiger partial charge on any atom is -0.343 e. The number of H-pyrrole nitrogens is 1. The Balaban J connectivity index is 1.94. The van der Waals surface area contributed by atoms with Crippen LogP contribution in [0.2, 0.25) is 5.22 Å². The first-order valence-corrected chi connectivity index (χ1v) is 6.86. The van der Waals surface area contributed by atoms with Crippen molar-refractivity contribution in [2.24, 2.45) is 0 Å². The number of aromatic nitrogens is 3. The molecule has 0 amide bonds. The molecule has 2 heterocycles. The maximum absolute atomic E-state index is 6.17. The third-order valence-electron chi connectivity index (χ3n) is 3.32. The number of nitrogens with one attached hydrogen (secondary N) is 1. The van der Waals surface area contributed by atoms with E-state index in [0.29, 0.717) is 17.1 Å². The minimum atomic E-state index is 0.230. The monoisotopic (exact) mass is 295 g/mol. The third-order valence-corrected chi connectivity index (χ3v) is 3.58. The fourth-order valence-electron chi connectivity index (χ4n) is 2.34. The second kappa shape index (κ2) is 4.75. The smallest absolute Gasteiger partial charge is 0.237 e. The molecule has 0 saturated carbocycles. The number of aromatic amines is 1. The maximum atomic E-state index is 6.17. The van der Waals surface area contributed by atoms with Gasteiger partial charge in [-0.3, -0.25) is 0 Å². The van der Waals surface area contributed by atoms with Crippen LogP contribution >= 0.6 is 11.6 Å². The molecular formula is C16H10ClN3O. The van der Waals surface area contributed by atoms with Crippen molar-refractivity contribution in [2.45, 2.75) is 0 Å². The molecule has 0 bridgehead atoms. The van der Waals surface area contributed by atoms with Crippen molar-refractivity contribution >= 4 is 22.6 Å². The number of benzene rings is 2. The SMILES string of the molecule is Clc1onc(-c2ccccc2)c1-c1nc2ccccc2[nH]1. The quantitative estimate of drug-likeness (QED) is 0.591. The summed E-state index contributed by atoms with van der Waals surface area (Å²) in [5.41, 5.74) is 4.12. The van der Waals surface area contributed by atoms with E-state index >= 15 is 0 Å². The van der Waals surface area contributed by atoms with Crippen LogP contribution in [0.3, 0.4) is 0 Å². The molecule has 4 aromatic rings. The summed E-state index contributed by atoms with van der Waals surface area (Å²) in [5, 5.41) is 4.30. The van der Waals surface area contributed by atoms with Gasteiger partial charge in [-0.15, -0.1) is 0 Å². The number of fused-ring (bicyclic) bond motifs is 1. The van der Waals surface area contributed by atoms with Crippen molar-refractivity contribution in [1.82, 2.24) is 15.1 Å². The van der Waals surface area contributed by atoms with Gasteiger partial charge in [0.15, 0.2) is 0 Å². The molecule has 2 aromatic heterocycles. The molecule has 0 aliphatic rings. The van der Waals surface area contributed by atoms with Crippen LogP contribution < -0.4 is 0 Å². The predicted molar refractivity (Wildman–Crippen MR) is 82.0 cm³/mol. The fraction of sp³-hybridized carbons (Fsp3) is 0. The Morgan fingerprint density at radius 1 is 0.952 bits per heavy atom. The number of hydrogen-bond acceptors (Lipinski definition) is 3. The summed E-state index contributed by atoms with van der Waals surface area (Å²) in [6.45, 7) is 0. The molecular weight excluding hydrogens is 286 g/mol. The lowest BCUT2D eigenvalue weighted by molar-refractivity contribution is 0.424. The van der Waals surface area contributed by atoms with Gasteiger partial charge in [0, 0.05) is 5.56 Å². The molecule has 4 nitrogen and oxygen atoms in total. The summed E-state index contributed by atoms with van der Waals surface area (Å²) in [6.07, 6.45) is 0. The van der Waals surface area contributed by atoms with Crippen LogP contribution in [0.5, 0.6) is 0 Å². The Hall–Kier alpha value is -2.59. The predicted octanol–water partition coefficient (Wildman–Crippen LogP) is 4.54. The van der Waals surface area contributed by atoms with Gasteiger partial charge in [-0.1, -0.05) is 47.6 Å². The molecule has 0 aliphatic carbocycles. The van der Waals surface area contributed by atoms with Crippen molar-refractivity contribution < 1.29 is 4.52 Å². The highest BCUT2D eigenvalue weighted by atomic mass is 35.5. The molecule has 0 spiro atoms. The Bertz CT molecular complexity index is 879. The number of para-hydroxylation sites is 2. The zero-order valence-electron chi connectivity index (χ0n) is 10.9. The van der Waals surface area contributed by atoms with Crippen LogP contribution in [0.25, 0.3) is 33.7 Å². The average molecular weight is 296 g/mol. The molecule has 21 heavy (non-hydrogen) atoms. The molecule has 0 unspecified atom stereocenters. The largest absolute Gasteiger partial charge is 0.343 e. The van der Waals surface area contributed by atoms with Gasteiger partial charge in [-0.05, 0) is 23.7 Å². The highest BCUT2D eigenvalue weighted by molar-refractivity contribution is 6.32. The summed E-state index contributed by atoms with van der Waals surface area (Å²) >= 11 is 6.17. The molecule has 2 aromatic carbocycles. The van der Waals surface area contributed by atoms with Gasteiger partial charge in [0.05, 0.1) is 11.0 Å². The Kier molecular flexibility index (Phi) is 2.75. The second-order valence-electron chi connectivity index (χ2n) is 4.65. The van der Waals surface area contributed by atoms with E-state index in [9.17, 15) is 0 Å². The normalized spacial score (nSPS) is 11.1. The third kappa shape index (κ3) is 2.00. The first-order chi connectivity index (χ1) is 10.3. The number of hydrogen-bond donors (Lipinski definition) is 1. The molecule has 0 atom stereocenters. The van der Waals surface area contributed by atoms with E-state index in [2.05, 4.69) is 15.1 Å². The lowest BCUT2D eigenvalue weighted by Gasteiger charge is -1.98. The lowest BCUT2D eigenvalue weighted by atomic mass is 10.1. The molecule has 0 fully saturated rings. The van der Waals surface area contributed by atoms with Crippen LogP contribution in [0, 0.1) is 0 Å². The van der Waals surface area contributed by atoms with Crippen LogP contribution in [0.1, 0.15) is 0 Å². The number of imidazole rings is 1. The van der Waals surface area contributed by atoms with Gasteiger partial charge in [-0.2, -0.15) is 0 Å². The number of nitrogens with zero attached hydrogens (tertiary/aromatic N) is 2. The van der Waals surface area contributed by atoms with E-state index in [-0.39, 0.29) is 5.22 Å². The van der Waals surface area contributed by atoms with E-state index in [1.54, 1.807) is 0 Å². The molecule has 0 radical (unpaired) electrons. The van der Waals surface area contributed by atoms with Crippen LogP contribution in [-0.4, -0.2) is 15.1 Å². The van der Waals surface area contributed by atoms with E-state index in [4.69, 9.17) is 16.1 Å². The highest BCUT2D eigenvalue weighted by Gasteiger charge is 2.20. The summed E-state index contributed by atoms with van der Waals surface area (Å²) in [6, 6.07) is 17.6. The number of halogens is 1. The van der Waals surface area contributed by atoms with Crippen molar-refractivity contribution in [2.75, 3.05) is 0 Å². The fourth-order valence-corrected chi connectivity index (χ4v) is 2.55. The van der Waals surface area contributed by atoms with Crippen LogP contribution in [0.15, 0.2) is 59.1 Å². The summed E-state index contributed by atoms with van der Waals surface area (Å²) in [4.78, 5) is 7.82. The van der Waals surface area contributed by atoms with Crippen molar-refractivity contribution in [3.05, 3.63) is 59.8 Å². The highest BCUT2D eigenvalue weighted by Crippen LogP contribution is 2.36. The summed E-state index contributed by atoms with van der Waals surface area (Å²) < 4.78 is 5.16. The van der Waals surface area contributed by atoms with E-state index in [1.165, 1.54) is 0 Å². The van der Waals surface area contributed by atoms with Gasteiger partial charge in [-0.25, -0.2) is 4.98 Å². The number of rotatable bonds is 2. The standard InChI is InChI=1S/C16H10ClN3O/c17-15-13(14(20-21-15)10-6-2-1-3-7-10)16-18-11-8-4-5-9-12(11)19-16/h1-9H,(H,18,19). The van der Waals surface area contributed by atoms with Gasteiger partial charge >= 0.3 is 0 Å². The first-order valence-electron chi connectivity index (χ1n) is 6.48. The van der Waals surface area contributed by atoms with Gasteiger partial charge < -0.3 is 9.51 Å². The topological polar surface area (TPSA) is 54.7 Å². The van der Waals surface area contributed by atoms with Crippen molar-refractivity contribution in [3.63, 3.8) is 0 Å². The zero-order chi connectivity index (χ0) is 14.2. The van der Waals surface area contributed by atoms with E-state index in [0.717, 1.165) is 16.6 Å². The average Bonchev–Trinajstić information content (AvgIpc) is 3.11. The Morgan fingerprint density at radius 2 is 1.71 bits per heavy atom. The van der Waals surface area contributed by atoms with E-state index in [1.807, 2.05) is 54.6 Å². The Morgan fingerprint density at radius 3 is 2.52 bits per heavy atom. The molecule has 0 aliphatic heterocycles. The Labute approximate surface area is 125 Å². The van der Waals surface area contributed by atoms with Crippen LogP contribution in [0.4, 0.5) is 0 Å². The maximum Gasteiger partial charge on any atom is 0.237 e. The van der Waals surface area contributed by atoms with Crippen molar-refractivity contribution in [1.29, 1.82) is 0 Å². The minimum absolute atomic E-state index is 0.230. The second-order valence-corrected chi connectivity index (χ2v) is 4.99. The molecule has 0 saturated heterocycles. The molecule has 102 valence electrons. The van der Waals surface area contributed by atoms with E-state index < -0.39 is 0 Å². The molecule has 5 heteroatoms.